The molecule has 1 N–H and O–H groups in total. The smallest absolute Gasteiger partial charge is 0.409 e. The molecule has 0 spiro atoms. The van der Waals surface area contributed by atoms with Crippen molar-refractivity contribution in [3.8, 4) is 0 Å². The predicted octanol–water partition coefficient (Wildman–Crippen LogP) is 3.40. The van der Waals surface area contributed by atoms with Gasteiger partial charge < -0.3 is 19.9 Å². The number of likely N-dealkylation sites (tertiary alicyclic amines) is 1. The van der Waals surface area contributed by atoms with Gasteiger partial charge in [-0.1, -0.05) is 24.3 Å². The Kier molecular flexibility index (Phi) is 6.27. The molecule has 2 unspecified atom stereocenters. The Balaban J connectivity index is 1.55. The van der Waals surface area contributed by atoms with Crippen molar-refractivity contribution in [1.82, 2.24) is 15.1 Å². The van der Waals surface area contributed by atoms with Gasteiger partial charge in [0.2, 0.25) is 5.91 Å². The first kappa shape index (κ1) is 21.4. The number of rotatable bonds is 4. The van der Waals surface area contributed by atoms with E-state index in [2.05, 4.69) is 5.32 Å². The summed E-state index contributed by atoms with van der Waals surface area (Å²) < 4.78 is 5.07. The Hall–Kier alpha value is -2.87. The van der Waals surface area contributed by atoms with Crippen molar-refractivity contribution in [2.45, 2.75) is 37.8 Å². The number of likely N-dealkylation sites (N-methyl/N-ethyl adjacent to an activating group) is 1. The van der Waals surface area contributed by atoms with Crippen molar-refractivity contribution in [3.05, 3.63) is 57.8 Å². The quantitative estimate of drug-likeness (QED) is 0.789. The fraction of sp³-hybridized carbons (Fsp3) is 0.435. The highest BCUT2D eigenvalue weighted by Gasteiger charge is 2.43. The highest BCUT2D eigenvalue weighted by molar-refractivity contribution is 7.10. The van der Waals surface area contributed by atoms with Crippen LogP contribution in [0.1, 0.15) is 52.5 Å². The van der Waals surface area contributed by atoms with Crippen molar-refractivity contribution in [2.24, 2.45) is 0 Å². The van der Waals surface area contributed by atoms with E-state index in [1.54, 1.807) is 41.2 Å². The third-order valence-electron chi connectivity index (χ3n) is 6.06. The Morgan fingerprint density at radius 2 is 1.90 bits per heavy atom. The number of nitrogens with zero attached hydrogens (tertiary/aromatic N) is 2. The van der Waals surface area contributed by atoms with Crippen LogP contribution in [-0.4, -0.2) is 60.5 Å². The van der Waals surface area contributed by atoms with E-state index in [9.17, 15) is 14.4 Å². The lowest BCUT2D eigenvalue weighted by Crippen LogP contribution is -2.50. The van der Waals surface area contributed by atoms with Crippen LogP contribution in [0.2, 0.25) is 0 Å². The molecule has 1 fully saturated rings. The number of carbonyl (C=O) groups excluding carboxylic acids is 3. The summed E-state index contributed by atoms with van der Waals surface area (Å²) in [6.07, 6.45) is 1.06. The molecular formula is C23H27N3O4S. The van der Waals surface area contributed by atoms with Crippen LogP contribution in [0.3, 0.4) is 0 Å². The molecule has 1 aromatic heterocycles. The molecule has 1 saturated heterocycles. The lowest BCUT2D eigenvalue weighted by Gasteiger charge is -2.40. The fourth-order valence-corrected chi connectivity index (χ4v) is 5.39. The van der Waals surface area contributed by atoms with E-state index < -0.39 is 5.92 Å². The second-order valence-electron chi connectivity index (χ2n) is 7.91. The van der Waals surface area contributed by atoms with Gasteiger partial charge >= 0.3 is 6.09 Å². The van der Waals surface area contributed by atoms with Crippen molar-refractivity contribution >= 4 is 29.2 Å². The van der Waals surface area contributed by atoms with Crippen LogP contribution in [0.4, 0.5) is 4.79 Å². The average Bonchev–Trinajstić information content (AvgIpc) is 3.31. The molecule has 3 heterocycles. The fourth-order valence-electron chi connectivity index (χ4n) is 4.48. The third-order valence-corrected chi connectivity index (χ3v) is 7.01. The number of carbonyl (C=O) groups is 3. The number of hydrogen-bond acceptors (Lipinski definition) is 5. The molecule has 0 aliphatic carbocycles. The topological polar surface area (TPSA) is 79.0 Å². The SMILES string of the molecule is CCOC(=O)N1CCC(NC(=O)C2c3ccccc3C(=O)N(C)C2c2cccs2)CC1. The van der Waals surface area contributed by atoms with Crippen LogP contribution < -0.4 is 5.32 Å². The lowest BCUT2D eigenvalue weighted by atomic mass is 9.81. The van der Waals surface area contributed by atoms with Crippen LogP contribution in [0, 0.1) is 0 Å². The zero-order valence-corrected chi connectivity index (χ0v) is 18.6. The normalized spacial score (nSPS) is 21.5. The molecular weight excluding hydrogens is 414 g/mol. The molecule has 2 atom stereocenters. The Morgan fingerprint density at radius 3 is 2.58 bits per heavy atom. The van der Waals surface area contributed by atoms with E-state index in [1.165, 1.54) is 0 Å². The minimum Gasteiger partial charge on any atom is -0.450 e. The average molecular weight is 442 g/mol. The summed E-state index contributed by atoms with van der Waals surface area (Å²) in [5.74, 6) is -0.638. The van der Waals surface area contributed by atoms with E-state index in [1.807, 2.05) is 35.7 Å². The monoisotopic (exact) mass is 441 g/mol. The molecule has 0 radical (unpaired) electrons. The van der Waals surface area contributed by atoms with Gasteiger partial charge in [-0.15, -0.1) is 11.3 Å². The molecule has 0 bridgehead atoms. The molecule has 2 aromatic rings. The number of thiophene rings is 1. The van der Waals surface area contributed by atoms with Gasteiger partial charge in [-0.05, 0) is 42.8 Å². The number of ether oxygens (including phenoxy) is 1. The van der Waals surface area contributed by atoms with Crippen LogP contribution in [-0.2, 0) is 9.53 Å². The second kappa shape index (κ2) is 9.09. The van der Waals surface area contributed by atoms with Crippen molar-refractivity contribution in [3.63, 3.8) is 0 Å². The van der Waals surface area contributed by atoms with Crippen LogP contribution >= 0.6 is 11.3 Å². The van der Waals surface area contributed by atoms with Gasteiger partial charge in [0.25, 0.3) is 5.91 Å². The van der Waals surface area contributed by atoms with Gasteiger partial charge in [0.05, 0.1) is 18.6 Å². The highest BCUT2D eigenvalue weighted by Crippen LogP contribution is 2.43. The minimum atomic E-state index is -0.486. The number of hydrogen-bond donors (Lipinski definition) is 1. The molecule has 2 aliphatic heterocycles. The molecule has 0 saturated carbocycles. The van der Waals surface area contributed by atoms with Gasteiger partial charge in [-0.25, -0.2) is 4.79 Å². The van der Waals surface area contributed by atoms with E-state index >= 15 is 0 Å². The third kappa shape index (κ3) is 4.17. The van der Waals surface area contributed by atoms with Crippen molar-refractivity contribution in [2.75, 3.05) is 26.7 Å². The molecule has 164 valence electrons. The molecule has 3 amide bonds. The van der Waals surface area contributed by atoms with Gasteiger partial charge in [0, 0.05) is 36.6 Å². The Bertz CT molecular complexity index is 953. The van der Waals surface area contributed by atoms with Gasteiger partial charge in [0.15, 0.2) is 0 Å². The van der Waals surface area contributed by atoms with E-state index in [0.29, 0.717) is 38.1 Å². The van der Waals surface area contributed by atoms with Crippen LogP contribution in [0.25, 0.3) is 0 Å². The number of amides is 3. The van der Waals surface area contributed by atoms with Crippen molar-refractivity contribution in [1.29, 1.82) is 0 Å². The number of benzene rings is 1. The zero-order chi connectivity index (χ0) is 22.0. The van der Waals surface area contributed by atoms with Crippen molar-refractivity contribution < 1.29 is 19.1 Å². The largest absolute Gasteiger partial charge is 0.450 e. The van der Waals surface area contributed by atoms with Gasteiger partial charge in [-0.2, -0.15) is 0 Å². The van der Waals surface area contributed by atoms with Gasteiger partial charge in [-0.3, -0.25) is 9.59 Å². The summed E-state index contributed by atoms with van der Waals surface area (Å²) in [4.78, 5) is 42.8. The Morgan fingerprint density at radius 1 is 1.16 bits per heavy atom. The maximum absolute atomic E-state index is 13.6. The van der Waals surface area contributed by atoms with E-state index in [0.717, 1.165) is 10.4 Å². The highest BCUT2D eigenvalue weighted by atomic mass is 32.1. The molecule has 7 nitrogen and oxygen atoms in total. The summed E-state index contributed by atoms with van der Waals surface area (Å²) in [5, 5.41) is 5.16. The predicted molar refractivity (Wildman–Crippen MR) is 118 cm³/mol. The first-order chi connectivity index (χ1) is 15.0. The maximum atomic E-state index is 13.6. The summed E-state index contributed by atoms with van der Waals surface area (Å²) in [5.41, 5.74) is 1.35. The molecule has 1 aromatic carbocycles. The van der Waals surface area contributed by atoms with Gasteiger partial charge in [0.1, 0.15) is 0 Å². The first-order valence-electron chi connectivity index (χ1n) is 10.6. The number of fused-ring (bicyclic) bond motifs is 1. The summed E-state index contributed by atoms with van der Waals surface area (Å²) in [6, 6.07) is 10.9. The summed E-state index contributed by atoms with van der Waals surface area (Å²) >= 11 is 1.55. The maximum Gasteiger partial charge on any atom is 0.409 e. The molecule has 8 heteroatoms. The molecule has 2 aliphatic rings. The summed E-state index contributed by atoms with van der Waals surface area (Å²) in [6.45, 7) is 3.25. The number of piperidine rings is 1. The zero-order valence-electron chi connectivity index (χ0n) is 17.7. The standard InChI is InChI=1S/C23H27N3O4S/c1-3-30-23(29)26-12-10-15(11-13-26)24-21(27)19-16-7-4-5-8-17(16)22(28)25(2)20(19)18-9-6-14-31-18/h4-9,14-15,19-20H,3,10-13H2,1-2H3,(H,24,27). The summed E-state index contributed by atoms with van der Waals surface area (Å²) in [7, 11) is 1.76. The van der Waals surface area contributed by atoms with E-state index in [-0.39, 0.29) is 30.0 Å². The second-order valence-corrected chi connectivity index (χ2v) is 8.89. The minimum absolute atomic E-state index is 0.0164. The van der Waals surface area contributed by atoms with E-state index in [4.69, 9.17) is 4.74 Å². The molecule has 31 heavy (non-hydrogen) atoms. The number of nitrogens with one attached hydrogen (secondary N) is 1. The van der Waals surface area contributed by atoms with Crippen LogP contribution in [0.5, 0.6) is 0 Å². The lowest BCUT2D eigenvalue weighted by molar-refractivity contribution is -0.125. The Labute approximate surface area is 186 Å². The van der Waals surface area contributed by atoms with Crippen LogP contribution in [0.15, 0.2) is 41.8 Å². The molecule has 4 rings (SSSR count). The first-order valence-corrected chi connectivity index (χ1v) is 11.5.